The quantitative estimate of drug-likeness (QED) is 0.0259. The van der Waals surface area contributed by atoms with Crippen LogP contribution in [0.3, 0.4) is 0 Å². The third-order valence-electron chi connectivity index (χ3n) is 29.7. The number of allylic oxidation sites excluding steroid dienone is 2. The average molecular weight is 2010 g/mol. The van der Waals surface area contributed by atoms with Gasteiger partial charge in [-0.1, -0.05) is 115 Å². The van der Waals surface area contributed by atoms with Gasteiger partial charge in [-0.25, -0.2) is 29.9 Å². The van der Waals surface area contributed by atoms with Crippen molar-refractivity contribution in [2.24, 2.45) is 25.7 Å². The minimum atomic E-state index is -0.151. The lowest BCUT2D eigenvalue weighted by atomic mass is 9.95. The summed E-state index contributed by atoms with van der Waals surface area (Å²) in [7, 11) is 10.1. The normalized spacial score (nSPS) is 15.8. The zero-order chi connectivity index (χ0) is 102. The van der Waals surface area contributed by atoms with E-state index in [4.69, 9.17) is 56.9 Å². The number of fused-ring (bicyclic) bond motifs is 12. The first-order valence-electron chi connectivity index (χ1n) is 51.7. The number of ether oxygens (including phenoxy) is 1. The van der Waals surface area contributed by atoms with Crippen LogP contribution in [0, 0.1) is 0 Å². The number of ketones is 2. The third-order valence-corrected chi connectivity index (χ3v) is 32.1. The van der Waals surface area contributed by atoms with Gasteiger partial charge in [-0.15, -0.1) is 22.7 Å². The number of phenols is 1. The number of anilines is 5. The van der Waals surface area contributed by atoms with Crippen molar-refractivity contribution >= 4 is 151 Å². The Labute approximate surface area is 874 Å². The average Bonchev–Trinajstić information content (AvgIpc) is 1.59. The summed E-state index contributed by atoms with van der Waals surface area (Å²) in [4.78, 5) is 93.6. The number of rotatable bonds is 21. The lowest BCUT2D eigenvalue weighted by Crippen LogP contribution is -2.44. The molecular weight excluding hydrogens is 1890 g/mol. The molecule has 0 saturated carbocycles. The molecular formula is C121H121N21O5S2. The van der Waals surface area contributed by atoms with Crippen molar-refractivity contribution in [1.82, 2.24) is 54.2 Å². The molecule has 0 unspecified atom stereocenters. The van der Waals surface area contributed by atoms with E-state index in [0.717, 1.165) is 250 Å². The number of aromatic amines is 1. The number of aliphatic hydroxyl groups excluding tert-OH is 1. The number of carbonyl (C=O) groups is 2. The topological polar surface area (TPSA) is 338 Å². The molecule has 26 nitrogen and oxygen atoms in total. The molecule has 26 rings (SSSR count). The molecule has 9 aromatic carbocycles. The number of H-pyrrole nitrogens is 1. The molecule has 9 aliphatic rings. The number of thiophene rings is 2. The van der Waals surface area contributed by atoms with Crippen molar-refractivity contribution in [3.8, 4) is 56.5 Å². The Kier molecular flexibility index (Phi) is 28.7. The Morgan fingerprint density at radius 2 is 1.07 bits per heavy atom. The first-order valence-corrected chi connectivity index (χ1v) is 53.3. The number of aliphatic hydroxyl groups is 1. The lowest BCUT2D eigenvalue weighted by Gasteiger charge is -2.34. The SMILES string of the molecule is CN(C)CCCn1cc(C2=C(c3c[nH]c4ccccc34)C(=O)CC2=O)c2cc(CO)ccc21.CN1CCN(c2cccc3c2N=C(C2=NCc4cc(-c5ccc(N)cc5)ccc42)C3)CC1.COc1cc(O)ccc1-c1ccc2c(c1)CN=C2C1=Nc2c(cccc2N2CCN(C)CC2)C1.N[C@H](CNc1nc(-c2ccncc2)nc2sc3c(c12)CCCC3)Cc1ccccc1.Nc1nc(-c2ccncc2)nc2sc3c(c12)CCCC3. The van der Waals surface area contributed by atoms with E-state index in [1.54, 1.807) is 55.4 Å². The summed E-state index contributed by atoms with van der Waals surface area (Å²) < 4.78 is 7.65. The highest BCUT2D eigenvalue weighted by molar-refractivity contribution is 7.19. The number of piperazine rings is 2. The molecule has 0 radical (unpaired) electrons. The molecule has 14 heterocycles. The Bertz CT molecular complexity index is 8110. The summed E-state index contributed by atoms with van der Waals surface area (Å²) in [5.74, 6) is 3.51. The maximum Gasteiger partial charge on any atom is 0.172 e. The molecule has 2 fully saturated rings. The maximum atomic E-state index is 13.2. The number of para-hydroxylation sites is 3. The number of nitrogens with two attached hydrogens (primary N) is 3. The van der Waals surface area contributed by atoms with Crippen LogP contribution in [-0.4, -0.2) is 206 Å². The molecule has 0 bridgehead atoms. The maximum absolute atomic E-state index is 13.2. The zero-order valence-corrected chi connectivity index (χ0v) is 86.3. The van der Waals surface area contributed by atoms with Crippen LogP contribution in [0.2, 0.25) is 0 Å². The number of carbonyl (C=O) groups excluding carboxylic acids is 2. The van der Waals surface area contributed by atoms with Crippen molar-refractivity contribution in [1.29, 1.82) is 0 Å². The number of nitrogens with zero attached hydrogens (tertiary/aromatic N) is 16. The summed E-state index contributed by atoms with van der Waals surface area (Å²) in [6, 6.07) is 71.3. The second-order valence-electron chi connectivity index (χ2n) is 40.0. The number of nitrogens with one attached hydrogen (secondary N) is 2. The Hall–Kier alpha value is -15.4. The number of aromatic hydroxyl groups is 1. The van der Waals surface area contributed by atoms with E-state index >= 15 is 0 Å². The molecule has 10 N–H and O–H groups in total. The molecule has 0 amide bonds. The molecule has 6 aliphatic heterocycles. The van der Waals surface area contributed by atoms with Gasteiger partial charge >= 0.3 is 0 Å². The van der Waals surface area contributed by atoms with E-state index in [2.05, 4.69) is 178 Å². The molecule has 2 saturated heterocycles. The molecule has 149 heavy (non-hydrogen) atoms. The van der Waals surface area contributed by atoms with Gasteiger partial charge in [0.1, 0.15) is 32.8 Å². The van der Waals surface area contributed by atoms with Crippen LogP contribution in [-0.2, 0) is 80.8 Å². The van der Waals surface area contributed by atoms with Crippen LogP contribution in [0.15, 0.2) is 269 Å². The lowest BCUT2D eigenvalue weighted by molar-refractivity contribution is -0.119. The number of methoxy groups -OCH3 is 1. The van der Waals surface area contributed by atoms with Crippen molar-refractivity contribution in [3.63, 3.8) is 0 Å². The van der Waals surface area contributed by atoms with Crippen molar-refractivity contribution in [3.05, 3.63) is 326 Å². The number of phenolic OH excluding ortho intramolecular Hbond substituents is 1. The predicted octanol–water partition coefficient (Wildman–Crippen LogP) is 20.6. The number of Topliss-reactive ketones (excluding diaryl/α,β-unsaturated/α-hetero) is 2. The van der Waals surface area contributed by atoms with Crippen molar-refractivity contribution in [2.45, 2.75) is 116 Å². The van der Waals surface area contributed by atoms with Gasteiger partial charge in [0, 0.05) is 215 Å². The van der Waals surface area contributed by atoms with Crippen LogP contribution in [0.25, 0.3) is 98.4 Å². The molecule has 1 atom stereocenters. The minimum Gasteiger partial charge on any atom is -0.508 e. The zero-order valence-electron chi connectivity index (χ0n) is 84.7. The smallest absolute Gasteiger partial charge is 0.172 e. The third kappa shape index (κ3) is 20.8. The number of hydrogen-bond donors (Lipinski definition) is 7. The summed E-state index contributed by atoms with van der Waals surface area (Å²) in [6.45, 7) is 12.2. The molecule has 0 spiro atoms. The van der Waals surface area contributed by atoms with Gasteiger partial charge in [-0.3, -0.25) is 29.5 Å². The highest BCUT2D eigenvalue weighted by atomic mass is 32.1. The van der Waals surface area contributed by atoms with Gasteiger partial charge in [0.15, 0.2) is 23.2 Å². The minimum absolute atomic E-state index is 0.0104. The highest BCUT2D eigenvalue weighted by Gasteiger charge is 2.38. The van der Waals surface area contributed by atoms with Crippen molar-refractivity contribution < 1.29 is 24.5 Å². The molecule has 28 heteroatoms. The molecule has 752 valence electrons. The van der Waals surface area contributed by atoms with Gasteiger partial charge in [0.05, 0.1) is 89.6 Å². The van der Waals surface area contributed by atoms with Crippen LogP contribution in [0.4, 0.5) is 40.1 Å². The monoisotopic (exact) mass is 2010 g/mol. The van der Waals surface area contributed by atoms with E-state index in [9.17, 15) is 19.8 Å². The fourth-order valence-corrected chi connectivity index (χ4v) is 24.4. The van der Waals surface area contributed by atoms with E-state index < -0.39 is 0 Å². The number of benzene rings is 9. The second-order valence-corrected chi connectivity index (χ2v) is 42.2. The van der Waals surface area contributed by atoms with Crippen LogP contribution in [0.5, 0.6) is 11.5 Å². The van der Waals surface area contributed by atoms with Gasteiger partial charge in [0.2, 0.25) is 0 Å². The number of hydrogen-bond acceptors (Lipinski definition) is 26. The fourth-order valence-electron chi connectivity index (χ4n) is 21.9. The first kappa shape index (κ1) is 98.3. The Morgan fingerprint density at radius 1 is 0.517 bits per heavy atom. The van der Waals surface area contributed by atoms with E-state index in [0.29, 0.717) is 48.2 Å². The summed E-state index contributed by atoms with van der Waals surface area (Å²) in [5, 5.41) is 27.2. The number of aromatic nitrogens is 8. The van der Waals surface area contributed by atoms with Gasteiger partial charge in [0.25, 0.3) is 0 Å². The van der Waals surface area contributed by atoms with Crippen molar-refractivity contribution in [2.75, 3.05) is 127 Å². The van der Waals surface area contributed by atoms with Crippen LogP contribution in [0.1, 0.15) is 115 Å². The number of pyridine rings is 2. The number of nitrogen functional groups attached to an aromatic ring is 2. The number of aryl methyl sites for hydroxylation is 5. The number of aliphatic imine (C=N–C) groups is 4. The summed E-state index contributed by atoms with van der Waals surface area (Å²) in [5.41, 5.74) is 51.3. The summed E-state index contributed by atoms with van der Waals surface area (Å²) in [6.07, 6.45) is 23.8. The highest BCUT2D eigenvalue weighted by Crippen LogP contribution is 2.48. The van der Waals surface area contributed by atoms with E-state index in [-0.39, 0.29) is 36.4 Å². The molecule has 3 aliphatic carbocycles. The standard InChI is InChI=1S/C28H28N4O2.C27H27N5.C27H27N3O3.C24H25N5S.C15H14N4S/c1-31-10-12-32(13-11-31)25-5-3-4-19-15-24(30-27(19)25)28-23-8-6-18(14-20(23)17-29-28)22-9-7-21(33)16-26(22)34-2;1-31-11-13-32(14-12-31)25-4-2-3-20-16-24(30-26(20)25)27-23-10-7-19(15-21(23)17-29-27)18-5-8-22(28)9-6-18;1-29(2)10-5-11-30-15-21(19-12-17(16-31)8-9-23(19)30)27-25(33)13-24(32)26(27)20-14-28-22-7-4-3-6-18(20)22;25-18(14-16-6-2-1-3-7-16)15-27-23-21-19-8-4-5-9-20(19)30-24(21)29-22(28-23)17-10-12-26-13-11-17;16-13-12-10-3-1-2-4-11(10)20-15(12)19-14(18-13)9-5-7-17-8-6-9/h3-9,14,16,33H,10-13,15,17H2,1-2H3;2-10,15H,11-14,16-17,28H2,1H3;3-4,6-9,12,14-15,28,31H,5,10-11,13,16H2,1-2H3;1-3,6-7,10-13,18H,4-5,8-9,14-15,25H2,(H,27,28,29);5-8H,1-4H2,(H2,16,18,19)/t;;;18-;/m...0./s1. The van der Waals surface area contributed by atoms with Crippen LogP contribution < -0.4 is 37.1 Å². The van der Waals surface area contributed by atoms with Crippen LogP contribution >= 0.6 is 22.7 Å². The Morgan fingerprint density at radius 3 is 1.68 bits per heavy atom. The molecule has 17 aromatic rings. The van der Waals surface area contributed by atoms with E-state index in [1.807, 2.05) is 129 Å². The van der Waals surface area contributed by atoms with Gasteiger partial charge in [-0.2, -0.15) is 0 Å². The predicted molar refractivity (Wildman–Crippen MR) is 607 cm³/mol. The van der Waals surface area contributed by atoms with Gasteiger partial charge < -0.3 is 71.5 Å². The fraction of sp³-hybridized carbons (Fsp3) is 0.273. The Balaban J connectivity index is 0.000000106. The van der Waals surface area contributed by atoms with E-state index in [1.165, 1.54) is 108 Å². The van der Waals surface area contributed by atoms with Gasteiger partial charge in [-0.05, 0) is 251 Å². The second kappa shape index (κ2) is 43.6. The number of likely N-dealkylation sites (N-methyl/N-ethyl adjacent to an activating group) is 2. The summed E-state index contributed by atoms with van der Waals surface area (Å²) >= 11 is 3.60. The largest absolute Gasteiger partial charge is 0.508 e. The first-order chi connectivity index (χ1) is 72.8. The molecule has 8 aromatic heterocycles.